The molecule has 104 valence electrons. The first kappa shape index (κ1) is 12.8. The van der Waals surface area contributed by atoms with Gasteiger partial charge in [0.1, 0.15) is 0 Å². The van der Waals surface area contributed by atoms with Gasteiger partial charge in [-0.25, -0.2) is 0 Å². The average molecular weight is 259 g/mol. The molecule has 3 heteroatoms. The molecule has 0 saturated carbocycles. The van der Waals surface area contributed by atoms with Crippen molar-refractivity contribution >= 4 is 11.4 Å². The Balaban J connectivity index is 1.78. The molecule has 1 atom stereocenters. The van der Waals surface area contributed by atoms with Crippen molar-refractivity contribution < 1.29 is 0 Å². The van der Waals surface area contributed by atoms with E-state index in [1.54, 1.807) is 0 Å². The minimum atomic E-state index is 0.679. The van der Waals surface area contributed by atoms with Crippen molar-refractivity contribution in [2.75, 3.05) is 43.5 Å². The molecule has 1 unspecified atom stereocenters. The van der Waals surface area contributed by atoms with Crippen LogP contribution in [0.5, 0.6) is 0 Å². The fraction of sp³-hybridized carbons (Fsp3) is 0.625. The van der Waals surface area contributed by atoms with Gasteiger partial charge >= 0.3 is 0 Å². The Morgan fingerprint density at radius 3 is 2.63 bits per heavy atom. The third kappa shape index (κ3) is 2.71. The van der Waals surface area contributed by atoms with Crippen LogP contribution in [-0.2, 0) is 6.42 Å². The van der Waals surface area contributed by atoms with E-state index in [-0.39, 0.29) is 0 Å². The molecule has 1 fully saturated rings. The van der Waals surface area contributed by atoms with E-state index < -0.39 is 0 Å². The van der Waals surface area contributed by atoms with E-state index in [0.29, 0.717) is 6.04 Å². The van der Waals surface area contributed by atoms with Gasteiger partial charge in [-0.15, -0.1) is 0 Å². The van der Waals surface area contributed by atoms with Crippen LogP contribution in [0.15, 0.2) is 18.2 Å². The molecule has 0 spiro atoms. The number of piperidine rings is 1. The highest BCUT2D eigenvalue weighted by Crippen LogP contribution is 2.32. The zero-order valence-electron chi connectivity index (χ0n) is 12.2. The molecule has 2 aliphatic rings. The number of nitrogens with one attached hydrogen (secondary N) is 1. The first-order valence-corrected chi connectivity index (χ1v) is 7.52. The Bertz CT molecular complexity index is 438. The number of hydrogen-bond acceptors (Lipinski definition) is 3. The third-order valence-electron chi connectivity index (χ3n) is 4.53. The molecule has 1 aromatic rings. The zero-order valence-corrected chi connectivity index (χ0v) is 12.2. The monoisotopic (exact) mass is 259 g/mol. The van der Waals surface area contributed by atoms with Gasteiger partial charge in [0.15, 0.2) is 0 Å². The highest BCUT2D eigenvalue weighted by Gasteiger charge is 2.19. The Morgan fingerprint density at radius 1 is 1.11 bits per heavy atom. The molecule has 2 aliphatic heterocycles. The average Bonchev–Trinajstić information content (AvgIpc) is 2.44. The van der Waals surface area contributed by atoms with Crippen LogP contribution in [0.3, 0.4) is 0 Å². The van der Waals surface area contributed by atoms with E-state index in [2.05, 4.69) is 47.4 Å². The molecule has 1 N–H and O–H groups in total. The predicted molar refractivity (Wildman–Crippen MR) is 82.3 cm³/mol. The van der Waals surface area contributed by atoms with Gasteiger partial charge in [0.25, 0.3) is 0 Å². The number of benzene rings is 1. The van der Waals surface area contributed by atoms with Crippen LogP contribution in [0.25, 0.3) is 0 Å². The molecular weight excluding hydrogens is 234 g/mol. The van der Waals surface area contributed by atoms with Crippen LogP contribution in [0.4, 0.5) is 11.4 Å². The van der Waals surface area contributed by atoms with Gasteiger partial charge in [-0.05, 0) is 43.5 Å². The van der Waals surface area contributed by atoms with Crippen molar-refractivity contribution in [3.63, 3.8) is 0 Å². The van der Waals surface area contributed by atoms with Gasteiger partial charge in [0.05, 0.1) is 11.4 Å². The summed E-state index contributed by atoms with van der Waals surface area (Å²) in [6, 6.07) is 7.67. The maximum absolute atomic E-state index is 3.64. The number of anilines is 2. The second kappa shape index (κ2) is 5.41. The summed E-state index contributed by atoms with van der Waals surface area (Å²) >= 11 is 0. The Hall–Kier alpha value is -1.22. The molecule has 0 radical (unpaired) electrons. The molecule has 0 amide bonds. The van der Waals surface area contributed by atoms with Crippen molar-refractivity contribution in [3.05, 3.63) is 23.8 Å². The molecule has 3 rings (SSSR count). The van der Waals surface area contributed by atoms with Crippen LogP contribution in [0.1, 0.15) is 24.8 Å². The summed E-state index contributed by atoms with van der Waals surface area (Å²) in [4.78, 5) is 4.74. The van der Waals surface area contributed by atoms with Gasteiger partial charge in [-0.2, -0.15) is 0 Å². The van der Waals surface area contributed by atoms with Crippen molar-refractivity contribution in [1.29, 1.82) is 0 Å². The SMILES string of the molecule is CN1CCN(C)c2cc(CC3CCCCN3)ccc21. The first-order chi connectivity index (χ1) is 9.24. The fourth-order valence-corrected chi connectivity index (χ4v) is 3.25. The number of fused-ring (bicyclic) bond motifs is 1. The summed E-state index contributed by atoms with van der Waals surface area (Å²) in [5, 5.41) is 3.64. The van der Waals surface area contributed by atoms with Crippen molar-refractivity contribution in [2.24, 2.45) is 0 Å². The van der Waals surface area contributed by atoms with Crippen LogP contribution >= 0.6 is 0 Å². The van der Waals surface area contributed by atoms with E-state index in [0.717, 1.165) is 13.1 Å². The summed E-state index contributed by atoms with van der Waals surface area (Å²) in [5.74, 6) is 0. The highest BCUT2D eigenvalue weighted by molar-refractivity contribution is 5.73. The molecule has 0 aliphatic carbocycles. The lowest BCUT2D eigenvalue weighted by molar-refractivity contribution is 0.399. The second-order valence-electron chi connectivity index (χ2n) is 6.02. The molecule has 0 bridgehead atoms. The van der Waals surface area contributed by atoms with Crippen LogP contribution in [0.2, 0.25) is 0 Å². The Morgan fingerprint density at radius 2 is 1.89 bits per heavy atom. The maximum Gasteiger partial charge on any atom is 0.0604 e. The summed E-state index contributed by atoms with van der Waals surface area (Å²) in [6.45, 7) is 3.43. The smallest absolute Gasteiger partial charge is 0.0604 e. The number of hydrogen-bond donors (Lipinski definition) is 1. The minimum Gasteiger partial charge on any atom is -0.371 e. The Labute approximate surface area is 116 Å². The molecule has 2 heterocycles. The highest BCUT2D eigenvalue weighted by atomic mass is 15.2. The van der Waals surface area contributed by atoms with E-state index in [9.17, 15) is 0 Å². The zero-order chi connectivity index (χ0) is 13.2. The van der Waals surface area contributed by atoms with E-state index >= 15 is 0 Å². The van der Waals surface area contributed by atoms with Gasteiger partial charge in [-0.1, -0.05) is 12.5 Å². The first-order valence-electron chi connectivity index (χ1n) is 7.52. The lowest BCUT2D eigenvalue weighted by Crippen LogP contribution is -2.37. The maximum atomic E-state index is 3.64. The van der Waals surface area contributed by atoms with Gasteiger partial charge in [0, 0.05) is 33.2 Å². The van der Waals surface area contributed by atoms with Crippen molar-refractivity contribution in [1.82, 2.24) is 5.32 Å². The van der Waals surface area contributed by atoms with E-state index in [1.165, 1.54) is 49.2 Å². The lowest BCUT2D eigenvalue weighted by Gasteiger charge is -2.35. The Kier molecular flexibility index (Phi) is 3.65. The van der Waals surface area contributed by atoms with Crippen LogP contribution in [-0.4, -0.2) is 39.8 Å². The second-order valence-corrected chi connectivity index (χ2v) is 6.02. The molecule has 3 nitrogen and oxygen atoms in total. The minimum absolute atomic E-state index is 0.679. The van der Waals surface area contributed by atoms with E-state index in [4.69, 9.17) is 0 Å². The van der Waals surface area contributed by atoms with Crippen LogP contribution in [0, 0.1) is 0 Å². The normalized spacial score (nSPS) is 23.4. The predicted octanol–water partition coefficient (Wildman–Crippen LogP) is 2.26. The summed E-state index contributed by atoms with van der Waals surface area (Å²) in [6.07, 6.45) is 5.22. The van der Waals surface area contributed by atoms with Gasteiger partial charge < -0.3 is 15.1 Å². The topological polar surface area (TPSA) is 18.5 Å². The van der Waals surface area contributed by atoms with Crippen LogP contribution < -0.4 is 15.1 Å². The third-order valence-corrected chi connectivity index (χ3v) is 4.53. The standard InChI is InChI=1S/C16H25N3/c1-18-9-10-19(2)16-12-13(6-7-15(16)18)11-14-5-3-4-8-17-14/h6-7,12,14,17H,3-5,8-11H2,1-2H3. The van der Waals surface area contributed by atoms with E-state index in [1.807, 2.05) is 0 Å². The number of likely N-dealkylation sites (N-methyl/N-ethyl adjacent to an activating group) is 2. The van der Waals surface area contributed by atoms with Gasteiger partial charge in [0.2, 0.25) is 0 Å². The number of nitrogens with zero attached hydrogens (tertiary/aromatic N) is 2. The summed E-state index contributed by atoms with van der Waals surface area (Å²) in [7, 11) is 4.39. The van der Waals surface area contributed by atoms with Gasteiger partial charge in [-0.3, -0.25) is 0 Å². The van der Waals surface area contributed by atoms with Crippen molar-refractivity contribution in [2.45, 2.75) is 31.7 Å². The summed E-state index contributed by atoms with van der Waals surface area (Å²) in [5.41, 5.74) is 4.23. The largest absolute Gasteiger partial charge is 0.371 e. The molecule has 0 aromatic heterocycles. The van der Waals surface area contributed by atoms with Crippen molar-refractivity contribution in [3.8, 4) is 0 Å². The molecular formula is C16H25N3. The fourth-order valence-electron chi connectivity index (χ4n) is 3.25. The molecule has 1 saturated heterocycles. The molecule has 1 aromatic carbocycles. The quantitative estimate of drug-likeness (QED) is 0.879. The summed E-state index contributed by atoms with van der Waals surface area (Å²) < 4.78 is 0. The molecule has 19 heavy (non-hydrogen) atoms. The number of rotatable bonds is 2. The lowest BCUT2D eigenvalue weighted by atomic mass is 9.97.